The number of fused-ring (bicyclic) bond motifs is 1. The minimum absolute atomic E-state index is 0. The minimum Gasteiger partial charge on any atom is -0.354 e. The summed E-state index contributed by atoms with van der Waals surface area (Å²) in [5, 5.41) is 6.78. The molecule has 0 aliphatic carbocycles. The molecule has 0 spiro atoms. The molecule has 1 aromatic heterocycles. The van der Waals surface area contributed by atoms with Crippen molar-refractivity contribution in [2.24, 2.45) is 10.9 Å². The van der Waals surface area contributed by atoms with Crippen LogP contribution in [0.3, 0.4) is 0 Å². The van der Waals surface area contributed by atoms with E-state index in [9.17, 15) is 8.42 Å². The first-order valence-electron chi connectivity index (χ1n) is 8.93. The molecule has 27 heavy (non-hydrogen) atoms. The fourth-order valence-corrected chi connectivity index (χ4v) is 5.65. The van der Waals surface area contributed by atoms with Gasteiger partial charge in [0, 0.05) is 12.6 Å². The summed E-state index contributed by atoms with van der Waals surface area (Å²) in [6.07, 6.45) is 0.707. The molecule has 1 aliphatic rings. The fraction of sp³-hybridized carbons (Fsp3) is 0.556. The van der Waals surface area contributed by atoms with Crippen LogP contribution in [-0.2, 0) is 9.84 Å². The monoisotopic (exact) mass is 522 g/mol. The maximum absolute atomic E-state index is 11.6. The van der Waals surface area contributed by atoms with Crippen LogP contribution in [0.15, 0.2) is 28.7 Å². The van der Waals surface area contributed by atoms with Gasteiger partial charge >= 0.3 is 0 Å². The number of aromatic nitrogens is 1. The molecule has 0 bridgehead atoms. The maximum Gasteiger partial charge on any atom is 0.191 e. The van der Waals surface area contributed by atoms with Crippen LogP contribution in [0.5, 0.6) is 0 Å². The third-order valence-electron chi connectivity index (χ3n) is 4.47. The Kier molecular flexibility index (Phi) is 7.87. The smallest absolute Gasteiger partial charge is 0.191 e. The van der Waals surface area contributed by atoms with Crippen LogP contribution in [0.1, 0.15) is 38.8 Å². The van der Waals surface area contributed by atoms with Crippen molar-refractivity contribution in [3.63, 3.8) is 0 Å². The number of nitrogens with zero attached hydrogens (tertiary/aromatic N) is 2. The maximum atomic E-state index is 11.6. The summed E-state index contributed by atoms with van der Waals surface area (Å²) in [7, 11) is -2.86. The van der Waals surface area contributed by atoms with E-state index >= 15 is 0 Å². The number of guanidine groups is 1. The first kappa shape index (κ1) is 22.4. The molecule has 2 heterocycles. The van der Waals surface area contributed by atoms with E-state index in [2.05, 4.69) is 53.5 Å². The van der Waals surface area contributed by atoms with Crippen LogP contribution in [-0.4, -0.2) is 43.5 Å². The summed E-state index contributed by atoms with van der Waals surface area (Å²) < 4.78 is 24.4. The second-order valence-electron chi connectivity index (χ2n) is 7.20. The predicted molar refractivity (Wildman–Crippen MR) is 124 cm³/mol. The number of rotatable bonds is 5. The van der Waals surface area contributed by atoms with Gasteiger partial charge < -0.3 is 10.6 Å². The van der Waals surface area contributed by atoms with Crippen molar-refractivity contribution in [3.05, 3.63) is 29.3 Å². The van der Waals surface area contributed by atoms with Gasteiger partial charge in [0.15, 0.2) is 15.8 Å². The molecule has 0 radical (unpaired) electrons. The zero-order chi connectivity index (χ0) is 18.7. The van der Waals surface area contributed by atoms with Crippen molar-refractivity contribution < 1.29 is 8.42 Å². The fourth-order valence-electron chi connectivity index (χ4n) is 3.07. The Balaban J connectivity index is 0.00000261. The molecule has 2 atom stereocenters. The van der Waals surface area contributed by atoms with E-state index in [-0.39, 0.29) is 47.7 Å². The topological polar surface area (TPSA) is 83.5 Å². The van der Waals surface area contributed by atoms with Gasteiger partial charge in [-0.2, -0.15) is 0 Å². The molecule has 2 N–H and O–H groups in total. The number of hydrogen-bond donors (Lipinski definition) is 2. The molecule has 1 fully saturated rings. The molecule has 1 aromatic carbocycles. The lowest BCUT2D eigenvalue weighted by Crippen LogP contribution is -2.42. The quantitative estimate of drug-likeness (QED) is 0.358. The van der Waals surface area contributed by atoms with Crippen LogP contribution in [0.2, 0.25) is 0 Å². The van der Waals surface area contributed by atoms with Gasteiger partial charge in [0.1, 0.15) is 0 Å². The van der Waals surface area contributed by atoms with Crippen molar-refractivity contribution in [1.82, 2.24) is 15.6 Å². The molecular formula is C18H27IN4O2S2. The lowest BCUT2D eigenvalue weighted by Gasteiger charge is -2.21. The molecule has 6 nitrogen and oxygen atoms in total. The molecule has 0 saturated carbocycles. The minimum atomic E-state index is -2.86. The largest absolute Gasteiger partial charge is 0.354 e. The summed E-state index contributed by atoms with van der Waals surface area (Å²) in [4.78, 5) is 8.97. The lowest BCUT2D eigenvalue weighted by molar-refractivity contribution is 0.584. The van der Waals surface area contributed by atoms with E-state index in [0.717, 1.165) is 11.5 Å². The van der Waals surface area contributed by atoms with Crippen LogP contribution in [0, 0.1) is 5.92 Å². The van der Waals surface area contributed by atoms with Crippen molar-refractivity contribution in [1.29, 1.82) is 0 Å². The van der Waals surface area contributed by atoms with Crippen molar-refractivity contribution >= 4 is 61.3 Å². The average molecular weight is 522 g/mol. The van der Waals surface area contributed by atoms with E-state index in [1.807, 2.05) is 11.6 Å². The average Bonchev–Trinajstić information content (AvgIpc) is 3.17. The summed E-state index contributed by atoms with van der Waals surface area (Å²) in [5.74, 6) is 1.39. The zero-order valence-electron chi connectivity index (χ0n) is 15.8. The number of sulfone groups is 1. The van der Waals surface area contributed by atoms with Gasteiger partial charge in [0.25, 0.3) is 0 Å². The predicted octanol–water partition coefficient (Wildman–Crippen LogP) is 3.35. The Bertz CT molecular complexity index is 896. The van der Waals surface area contributed by atoms with Gasteiger partial charge in [0.2, 0.25) is 0 Å². The normalized spacial score (nSPS) is 20.4. The molecule has 0 amide bonds. The number of aliphatic imine (C=N–C) groups is 1. The number of nitrogens with one attached hydrogen (secondary N) is 2. The Morgan fingerprint density at radius 3 is 2.78 bits per heavy atom. The number of hydrogen-bond acceptors (Lipinski definition) is 5. The molecular weight excluding hydrogens is 495 g/mol. The Morgan fingerprint density at radius 2 is 2.11 bits per heavy atom. The number of halogens is 1. The molecule has 1 aliphatic heterocycles. The van der Waals surface area contributed by atoms with E-state index in [1.54, 1.807) is 11.3 Å². The van der Waals surface area contributed by atoms with Crippen molar-refractivity contribution in [2.45, 2.75) is 39.3 Å². The van der Waals surface area contributed by atoms with E-state index < -0.39 is 9.84 Å². The zero-order valence-corrected chi connectivity index (χ0v) is 19.8. The molecule has 150 valence electrons. The van der Waals surface area contributed by atoms with E-state index in [0.29, 0.717) is 18.7 Å². The highest BCUT2D eigenvalue weighted by Crippen LogP contribution is 2.23. The molecule has 9 heteroatoms. The van der Waals surface area contributed by atoms with Gasteiger partial charge in [-0.15, -0.1) is 35.3 Å². The molecule has 2 unspecified atom stereocenters. The van der Waals surface area contributed by atoms with E-state index in [1.165, 1.54) is 10.3 Å². The van der Waals surface area contributed by atoms with Crippen molar-refractivity contribution in [3.8, 4) is 0 Å². The second kappa shape index (κ2) is 9.51. The van der Waals surface area contributed by atoms with Crippen LogP contribution >= 0.6 is 35.3 Å². The Hall–Kier alpha value is -0.940. The highest BCUT2D eigenvalue weighted by molar-refractivity contribution is 14.0. The summed E-state index contributed by atoms with van der Waals surface area (Å²) in [6.45, 7) is 6.75. The second-order valence-corrected chi connectivity index (χ2v) is 10.3. The van der Waals surface area contributed by atoms with Gasteiger partial charge in [0.05, 0.1) is 33.3 Å². The van der Waals surface area contributed by atoms with Gasteiger partial charge in [-0.05, 0) is 50.8 Å². The lowest BCUT2D eigenvalue weighted by atomic mass is 10.1. The highest BCUT2D eigenvalue weighted by atomic mass is 127. The standard InChI is InChI=1S/C18H26N4O2S2.HI/c1-12(2)21-18(19-9-14-6-7-26(23,24)10-14)22-13(3)15-4-5-16-17(8-15)25-11-20-16;/h4-5,8,11-14H,6-7,9-10H2,1-3H3,(H2,19,21,22);1H. The van der Waals surface area contributed by atoms with Gasteiger partial charge in [-0.1, -0.05) is 6.07 Å². The summed E-state index contributed by atoms with van der Waals surface area (Å²) in [6, 6.07) is 6.59. The summed E-state index contributed by atoms with van der Waals surface area (Å²) in [5.41, 5.74) is 4.04. The highest BCUT2D eigenvalue weighted by Gasteiger charge is 2.27. The number of benzene rings is 1. The van der Waals surface area contributed by atoms with Gasteiger partial charge in [-0.3, -0.25) is 4.99 Å². The van der Waals surface area contributed by atoms with Gasteiger partial charge in [-0.25, -0.2) is 13.4 Å². The van der Waals surface area contributed by atoms with Crippen molar-refractivity contribution in [2.75, 3.05) is 18.1 Å². The summed E-state index contributed by atoms with van der Waals surface area (Å²) >= 11 is 1.63. The first-order valence-corrected chi connectivity index (χ1v) is 11.6. The molecule has 1 saturated heterocycles. The number of thiazole rings is 1. The van der Waals surface area contributed by atoms with E-state index in [4.69, 9.17) is 0 Å². The molecule has 3 rings (SSSR count). The molecule has 2 aromatic rings. The third kappa shape index (κ3) is 6.28. The van der Waals surface area contributed by atoms with Crippen LogP contribution in [0.4, 0.5) is 0 Å². The third-order valence-corrected chi connectivity index (χ3v) is 7.10. The Morgan fingerprint density at radius 1 is 1.33 bits per heavy atom. The SMILES string of the molecule is CC(C)NC(=NCC1CCS(=O)(=O)C1)NC(C)c1ccc2ncsc2c1.I. The van der Waals surface area contributed by atoms with Crippen LogP contribution < -0.4 is 10.6 Å². The van der Waals surface area contributed by atoms with Crippen LogP contribution in [0.25, 0.3) is 10.2 Å². The first-order chi connectivity index (χ1) is 12.3. The Labute approximate surface area is 182 Å².